The number of aliphatic carboxylic acids is 1. The Hall–Kier alpha value is -1.30. The molecule has 0 aromatic rings. The molecule has 0 radical (unpaired) electrons. The first-order chi connectivity index (χ1) is 8.54. The van der Waals surface area contributed by atoms with Gasteiger partial charge in [-0.05, 0) is 25.7 Å². The zero-order valence-corrected chi connectivity index (χ0v) is 11.0. The van der Waals surface area contributed by atoms with Crippen LogP contribution >= 0.6 is 0 Å². The summed E-state index contributed by atoms with van der Waals surface area (Å²) in [7, 11) is 3.36. The highest BCUT2D eigenvalue weighted by molar-refractivity contribution is 5.75. The molecular formula is C12H22N2O4. The quantitative estimate of drug-likeness (QED) is 0.694. The Balaban J connectivity index is 2.26. The lowest BCUT2D eigenvalue weighted by Crippen LogP contribution is -2.42. The Morgan fingerprint density at radius 3 is 2.72 bits per heavy atom. The van der Waals surface area contributed by atoms with Crippen molar-refractivity contribution in [3.05, 3.63) is 0 Å². The third kappa shape index (κ3) is 4.52. The van der Waals surface area contributed by atoms with Gasteiger partial charge in [0.05, 0.1) is 5.92 Å². The molecule has 0 bridgehead atoms. The van der Waals surface area contributed by atoms with Crippen LogP contribution in [0.2, 0.25) is 0 Å². The molecule has 0 saturated heterocycles. The van der Waals surface area contributed by atoms with Gasteiger partial charge in [-0.2, -0.15) is 0 Å². The second-order valence-electron chi connectivity index (χ2n) is 4.76. The van der Waals surface area contributed by atoms with Crippen LogP contribution < -0.4 is 5.32 Å². The first-order valence-electron chi connectivity index (χ1n) is 6.28. The van der Waals surface area contributed by atoms with Crippen molar-refractivity contribution in [3.63, 3.8) is 0 Å². The van der Waals surface area contributed by atoms with E-state index in [4.69, 9.17) is 9.84 Å². The van der Waals surface area contributed by atoms with E-state index in [-0.39, 0.29) is 18.0 Å². The first kappa shape index (κ1) is 14.8. The fourth-order valence-electron chi connectivity index (χ4n) is 2.17. The molecular weight excluding hydrogens is 236 g/mol. The second-order valence-corrected chi connectivity index (χ2v) is 4.76. The number of methoxy groups -OCH3 is 1. The number of hydrogen-bond acceptors (Lipinski definition) is 3. The van der Waals surface area contributed by atoms with Gasteiger partial charge in [0.1, 0.15) is 0 Å². The van der Waals surface area contributed by atoms with Gasteiger partial charge in [-0.15, -0.1) is 0 Å². The Morgan fingerprint density at radius 1 is 1.44 bits per heavy atom. The van der Waals surface area contributed by atoms with E-state index in [0.717, 1.165) is 12.8 Å². The number of rotatable bonds is 6. The van der Waals surface area contributed by atoms with Crippen LogP contribution in [0.15, 0.2) is 0 Å². The monoisotopic (exact) mass is 258 g/mol. The Labute approximate surface area is 107 Å². The van der Waals surface area contributed by atoms with E-state index in [1.54, 1.807) is 19.1 Å². The van der Waals surface area contributed by atoms with Gasteiger partial charge in [-0.3, -0.25) is 4.79 Å². The number of nitrogens with one attached hydrogen (secondary N) is 1. The minimum absolute atomic E-state index is 0.0107. The van der Waals surface area contributed by atoms with Gasteiger partial charge in [0.15, 0.2) is 0 Å². The third-order valence-electron chi connectivity index (χ3n) is 3.30. The molecule has 2 N–H and O–H groups in total. The molecule has 6 nitrogen and oxygen atoms in total. The normalized spacial score (nSPS) is 22.8. The number of nitrogens with zero attached hydrogens (tertiary/aromatic N) is 1. The highest BCUT2D eigenvalue weighted by Crippen LogP contribution is 2.25. The maximum absolute atomic E-state index is 11.8. The number of carbonyl (C=O) groups is 2. The molecule has 1 aliphatic carbocycles. The smallest absolute Gasteiger partial charge is 0.317 e. The summed E-state index contributed by atoms with van der Waals surface area (Å²) in [5.41, 5.74) is 0. The van der Waals surface area contributed by atoms with Gasteiger partial charge >= 0.3 is 12.0 Å². The zero-order chi connectivity index (χ0) is 13.5. The predicted molar refractivity (Wildman–Crippen MR) is 66.4 cm³/mol. The minimum Gasteiger partial charge on any atom is -0.481 e. The minimum atomic E-state index is -0.764. The van der Waals surface area contributed by atoms with Crippen molar-refractivity contribution in [3.8, 4) is 0 Å². The van der Waals surface area contributed by atoms with E-state index in [0.29, 0.717) is 26.0 Å². The molecule has 2 amide bonds. The standard InChI is InChI=1S/C12H22N2O4/c1-14(6-3-7-18-2)12(17)13-10-5-4-9(8-10)11(15)16/h9-10H,3-8H2,1-2H3,(H,13,17)(H,15,16). The summed E-state index contributed by atoms with van der Waals surface area (Å²) in [4.78, 5) is 24.2. The molecule has 1 aliphatic rings. The molecule has 18 heavy (non-hydrogen) atoms. The summed E-state index contributed by atoms with van der Waals surface area (Å²) >= 11 is 0. The summed E-state index contributed by atoms with van der Waals surface area (Å²) in [6, 6.07) is -0.148. The molecule has 0 aliphatic heterocycles. The lowest BCUT2D eigenvalue weighted by molar-refractivity contribution is -0.141. The van der Waals surface area contributed by atoms with Crippen LogP contribution in [0, 0.1) is 5.92 Å². The molecule has 0 aromatic carbocycles. The van der Waals surface area contributed by atoms with Crippen molar-refractivity contribution in [1.29, 1.82) is 0 Å². The lowest BCUT2D eigenvalue weighted by atomic mass is 10.1. The van der Waals surface area contributed by atoms with Crippen LogP contribution in [0.25, 0.3) is 0 Å². The number of ether oxygens (including phenoxy) is 1. The maximum Gasteiger partial charge on any atom is 0.317 e. The van der Waals surface area contributed by atoms with E-state index in [9.17, 15) is 9.59 Å². The van der Waals surface area contributed by atoms with Gasteiger partial charge < -0.3 is 20.1 Å². The van der Waals surface area contributed by atoms with Crippen molar-refractivity contribution in [2.75, 3.05) is 27.3 Å². The first-order valence-corrected chi connectivity index (χ1v) is 6.28. The number of carbonyl (C=O) groups excluding carboxylic acids is 1. The second kappa shape index (κ2) is 7.20. The summed E-state index contributed by atoms with van der Waals surface area (Å²) in [5.74, 6) is -1.07. The number of carboxylic acid groups (broad SMARTS) is 1. The molecule has 0 heterocycles. The van der Waals surface area contributed by atoms with Crippen molar-refractivity contribution < 1.29 is 19.4 Å². The van der Waals surface area contributed by atoms with Gasteiger partial charge in [0.2, 0.25) is 0 Å². The maximum atomic E-state index is 11.8. The van der Waals surface area contributed by atoms with E-state index in [2.05, 4.69) is 5.32 Å². The van der Waals surface area contributed by atoms with Crippen LogP contribution in [-0.4, -0.2) is 55.4 Å². The lowest BCUT2D eigenvalue weighted by Gasteiger charge is -2.20. The molecule has 1 rings (SSSR count). The molecule has 6 heteroatoms. The van der Waals surface area contributed by atoms with Crippen LogP contribution in [0.3, 0.4) is 0 Å². The zero-order valence-electron chi connectivity index (χ0n) is 11.0. The molecule has 0 aromatic heterocycles. The van der Waals surface area contributed by atoms with Crippen molar-refractivity contribution in [1.82, 2.24) is 10.2 Å². The molecule has 104 valence electrons. The van der Waals surface area contributed by atoms with Gasteiger partial charge in [-0.25, -0.2) is 4.79 Å². The number of amides is 2. The van der Waals surface area contributed by atoms with Crippen molar-refractivity contribution in [2.45, 2.75) is 31.7 Å². The highest BCUT2D eigenvalue weighted by atomic mass is 16.5. The molecule has 2 unspecified atom stereocenters. The fourth-order valence-corrected chi connectivity index (χ4v) is 2.17. The van der Waals surface area contributed by atoms with E-state index in [1.165, 1.54) is 0 Å². The van der Waals surface area contributed by atoms with Crippen LogP contribution in [-0.2, 0) is 9.53 Å². The van der Waals surface area contributed by atoms with Crippen LogP contribution in [0.1, 0.15) is 25.7 Å². The summed E-state index contributed by atoms with van der Waals surface area (Å²) in [5, 5.41) is 11.8. The summed E-state index contributed by atoms with van der Waals surface area (Å²) in [6.07, 6.45) is 2.72. The third-order valence-corrected chi connectivity index (χ3v) is 3.30. The van der Waals surface area contributed by atoms with Crippen LogP contribution in [0.5, 0.6) is 0 Å². The Bertz CT molecular complexity index is 296. The topological polar surface area (TPSA) is 78.9 Å². The average Bonchev–Trinajstić information content (AvgIpc) is 2.77. The predicted octanol–water partition coefficient (Wildman–Crippen LogP) is 0.918. The van der Waals surface area contributed by atoms with Crippen molar-refractivity contribution >= 4 is 12.0 Å². The van der Waals surface area contributed by atoms with Crippen molar-refractivity contribution in [2.24, 2.45) is 5.92 Å². The Morgan fingerprint density at radius 2 is 2.17 bits per heavy atom. The Kier molecular flexibility index (Phi) is 5.91. The molecule has 1 saturated carbocycles. The highest BCUT2D eigenvalue weighted by Gasteiger charge is 2.30. The number of carboxylic acids is 1. The van der Waals surface area contributed by atoms with E-state index < -0.39 is 5.97 Å². The number of hydrogen-bond donors (Lipinski definition) is 2. The van der Waals surface area contributed by atoms with Gasteiger partial charge in [0.25, 0.3) is 0 Å². The fraction of sp³-hybridized carbons (Fsp3) is 0.833. The summed E-state index contributed by atoms with van der Waals surface area (Å²) in [6.45, 7) is 1.26. The summed E-state index contributed by atoms with van der Waals surface area (Å²) < 4.78 is 4.92. The van der Waals surface area contributed by atoms with Gasteiger partial charge in [0, 0.05) is 33.4 Å². The van der Waals surface area contributed by atoms with Gasteiger partial charge in [-0.1, -0.05) is 0 Å². The number of urea groups is 1. The SMILES string of the molecule is COCCCN(C)C(=O)NC1CCC(C(=O)O)C1. The van der Waals surface area contributed by atoms with E-state index in [1.807, 2.05) is 0 Å². The largest absolute Gasteiger partial charge is 0.481 e. The van der Waals surface area contributed by atoms with Crippen LogP contribution in [0.4, 0.5) is 4.79 Å². The molecule has 0 spiro atoms. The molecule has 2 atom stereocenters. The van der Waals surface area contributed by atoms with E-state index >= 15 is 0 Å². The average molecular weight is 258 g/mol. The molecule has 1 fully saturated rings.